The van der Waals surface area contributed by atoms with E-state index in [0.29, 0.717) is 0 Å². The van der Waals surface area contributed by atoms with Crippen molar-refractivity contribution in [1.82, 2.24) is 0 Å². The fourth-order valence-electron chi connectivity index (χ4n) is 1.48. The maximum Gasteiger partial charge on any atom is 0.324 e. The third kappa shape index (κ3) is 1.93. The Bertz CT molecular complexity index is 290. The molecule has 6 heteroatoms. The van der Waals surface area contributed by atoms with Crippen LogP contribution in [0.1, 0.15) is 20.3 Å². The second-order valence-corrected chi connectivity index (χ2v) is 3.88. The molecule has 0 aromatic rings. The predicted octanol–water partition coefficient (Wildman–Crippen LogP) is 1.29. The minimum absolute atomic E-state index is 0.342. The molecule has 15 heavy (non-hydrogen) atoms. The zero-order valence-electron chi connectivity index (χ0n) is 8.37. The summed E-state index contributed by atoms with van der Waals surface area (Å²) in [5.74, 6) is -4.00. The minimum atomic E-state index is -2.80. The lowest BCUT2D eigenvalue weighted by atomic mass is 10.0. The van der Waals surface area contributed by atoms with Crippen molar-refractivity contribution in [3.05, 3.63) is 0 Å². The number of aliphatic carboxylic acids is 1. The van der Waals surface area contributed by atoms with Gasteiger partial charge >= 0.3 is 11.9 Å². The molecule has 2 atom stereocenters. The van der Waals surface area contributed by atoms with Crippen molar-refractivity contribution in [3.63, 3.8) is 0 Å². The zero-order chi connectivity index (χ0) is 11.8. The Labute approximate surface area is 85.2 Å². The van der Waals surface area contributed by atoms with Crippen LogP contribution in [0.2, 0.25) is 0 Å². The smallest absolute Gasteiger partial charge is 0.324 e. The highest BCUT2D eigenvalue weighted by molar-refractivity contribution is 6.03. The van der Waals surface area contributed by atoms with Gasteiger partial charge in [-0.25, -0.2) is 8.78 Å². The van der Waals surface area contributed by atoms with Gasteiger partial charge in [0.05, 0.1) is 6.10 Å². The maximum absolute atomic E-state index is 12.3. The topological polar surface area (TPSA) is 63.6 Å². The van der Waals surface area contributed by atoms with E-state index in [2.05, 4.69) is 4.74 Å². The number of esters is 1. The van der Waals surface area contributed by atoms with E-state index in [-0.39, 0.29) is 6.42 Å². The fraction of sp³-hybridized carbons (Fsp3) is 0.778. The predicted molar refractivity (Wildman–Crippen MR) is 45.4 cm³/mol. The van der Waals surface area contributed by atoms with Crippen molar-refractivity contribution in [2.75, 3.05) is 0 Å². The van der Waals surface area contributed by atoms with Crippen LogP contribution in [0.15, 0.2) is 0 Å². The lowest BCUT2D eigenvalue weighted by Crippen LogP contribution is -2.32. The van der Waals surface area contributed by atoms with E-state index in [1.54, 1.807) is 0 Å². The number of ether oxygens (including phenoxy) is 1. The fourth-order valence-corrected chi connectivity index (χ4v) is 1.48. The molecule has 1 fully saturated rings. The Balaban J connectivity index is 2.79. The number of halogens is 2. The van der Waals surface area contributed by atoms with Gasteiger partial charge in [-0.15, -0.1) is 0 Å². The van der Waals surface area contributed by atoms with Crippen LogP contribution in [0.4, 0.5) is 8.78 Å². The summed E-state index contributed by atoms with van der Waals surface area (Å²) in [5, 5.41) is 8.77. The Hall–Kier alpha value is -1.20. The van der Waals surface area contributed by atoms with Gasteiger partial charge in [-0.3, -0.25) is 9.59 Å². The molecule has 0 heterocycles. The lowest BCUT2D eigenvalue weighted by molar-refractivity contribution is -0.165. The van der Waals surface area contributed by atoms with Crippen LogP contribution in [0.3, 0.4) is 0 Å². The molecule has 0 saturated heterocycles. The monoisotopic (exact) mass is 222 g/mol. The second-order valence-electron chi connectivity index (χ2n) is 3.88. The van der Waals surface area contributed by atoms with Crippen molar-refractivity contribution < 1.29 is 28.2 Å². The molecule has 1 rings (SSSR count). The molecule has 0 bridgehead atoms. The summed E-state index contributed by atoms with van der Waals surface area (Å²) in [7, 11) is 0. The van der Waals surface area contributed by atoms with Gasteiger partial charge in [-0.05, 0) is 20.3 Å². The van der Waals surface area contributed by atoms with E-state index in [0.717, 1.165) is 0 Å². The van der Waals surface area contributed by atoms with Crippen LogP contribution in [-0.4, -0.2) is 29.6 Å². The summed E-state index contributed by atoms with van der Waals surface area (Å²) in [6.07, 6.45) is -3.65. The Kier molecular flexibility index (Phi) is 2.97. The van der Waals surface area contributed by atoms with Gasteiger partial charge in [-0.2, -0.15) is 0 Å². The van der Waals surface area contributed by atoms with E-state index in [1.807, 2.05) is 0 Å². The number of rotatable bonds is 4. The molecule has 86 valence electrons. The van der Waals surface area contributed by atoms with Crippen LogP contribution >= 0.6 is 0 Å². The first-order chi connectivity index (χ1) is 6.82. The molecule has 4 nitrogen and oxygen atoms in total. The van der Waals surface area contributed by atoms with Crippen molar-refractivity contribution in [1.29, 1.82) is 0 Å². The first-order valence-electron chi connectivity index (χ1n) is 4.55. The number of hydrogen-bond donors (Lipinski definition) is 1. The Morgan fingerprint density at radius 3 is 2.27 bits per heavy atom. The molecule has 0 unspecified atom stereocenters. The van der Waals surface area contributed by atoms with Crippen molar-refractivity contribution in [3.8, 4) is 0 Å². The number of carbonyl (C=O) groups excluding carboxylic acids is 1. The zero-order valence-corrected chi connectivity index (χ0v) is 8.37. The van der Waals surface area contributed by atoms with Gasteiger partial charge in [0.25, 0.3) is 0 Å². The van der Waals surface area contributed by atoms with Crippen LogP contribution < -0.4 is 0 Å². The van der Waals surface area contributed by atoms with Crippen molar-refractivity contribution >= 4 is 11.9 Å². The number of carboxylic acid groups (broad SMARTS) is 1. The van der Waals surface area contributed by atoms with E-state index >= 15 is 0 Å². The molecule has 0 aromatic heterocycles. The van der Waals surface area contributed by atoms with Crippen LogP contribution in [0.5, 0.6) is 0 Å². The summed E-state index contributed by atoms with van der Waals surface area (Å²) in [6.45, 7) is 3.07. The first-order valence-corrected chi connectivity index (χ1v) is 4.55. The van der Waals surface area contributed by atoms with E-state index in [9.17, 15) is 18.4 Å². The molecule has 1 aliphatic carbocycles. The van der Waals surface area contributed by atoms with E-state index in [1.165, 1.54) is 13.8 Å². The van der Waals surface area contributed by atoms with Crippen molar-refractivity contribution in [2.45, 2.75) is 32.8 Å². The average Bonchev–Trinajstić information content (AvgIpc) is 2.77. The highest BCUT2D eigenvalue weighted by Crippen LogP contribution is 2.56. The van der Waals surface area contributed by atoms with Crippen LogP contribution in [0, 0.1) is 11.3 Å². The van der Waals surface area contributed by atoms with E-state index < -0.39 is 35.8 Å². The number of carbonyl (C=O) groups is 2. The lowest BCUT2D eigenvalue weighted by Gasteiger charge is -2.14. The summed E-state index contributed by atoms with van der Waals surface area (Å²) in [4.78, 5) is 22.1. The summed E-state index contributed by atoms with van der Waals surface area (Å²) in [5.41, 5.74) is -2.02. The van der Waals surface area contributed by atoms with Gasteiger partial charge < -0.3 is 9.84 Å². The highest BCUT2D eigenvalue weighted by Gasteiger charge is 2.71. The molecule has 0 amide bonds. The third-order valence-electron chi connectivity index (χ3n) is 2.41. The Morgan fingerprint density at radius 1 is 1.47 bits per heavy atom. The van der Waals surface area contributed by atoms with Gasteiger partial charge in [0, 0.05) is 5.92 Å². The van der Waals surface area contributed by atoms with Crippen molar-refractivity contribution in [2.24, 2.45) is 11.3 Å². The SMILES string of the molecule is CC(C)OC(=O)[C@@]1(C(=O)O)C[C@H]1C(F)F. The number of carboxylic acids is 1. The molecule has 0 aliphatic heterocycles. The molecular formula is C9H12F2O4. The van der Waals surface area contributed by atoms with Crippen LogP contribution in [-0.2, 0) is 14.3 Å². The summed E-state index contributed by atoms with van der Waals surface area (Å²) < 4.78 is 29.3. The van der Waals surface area contributed by atoms with Gasteiger partial charge in [0.1, 0.15) is 0 Å². The molecule has 1 N–H and O–H groups in total. The van der Waals surface area contributed by atoms with Gasteiger partial charge in [0.2, 0.25) is 6.43 Å². The average molecular weight is 222 g/mol. The molecule has 0 radical (unpaired) electrons. The standard InChI is InChI=1S/C9H12F2O4/c1-4(2)15-8(14)9(7(12)13)3-5(9)6(10)11/h4-6H,3H2,1-2H3,(H,12,13)/t5-,9-/m0/s1. The second kappa shape index (κ2) is 3.75. The van der Waals surface area contributed by atoms with E-state index in [4.69, 9.17) is 5.11 Å². The normalized spacial score (nSPS) is 29.3. The molecular weight excluding hydrogens is 210 g/mol. The van der Waals surface area contributed by atoms with Gasteiger partial charge in [-0.1, -0.05) is 0 Å². The third-order valence-corrected chi connectivity index (χ3v) is 2.41. The highest BCUT2D eigenvalue weighted by atomic mass is 19.3. The molecule has 0 spiro atoms. The molecule has 1 saturated carbocycles. The number of hydrogen-bond acceptors (Lipinski definition) is 3. The van der Waals surface area contributed by atoms with Gasteiger partial charge in [0.15, 0.2) is 5.41 Å². The van der Waals surface area contributed by atoms with Crippen LogP contribution in [0.25, 0.3) is 0 Å². The largest absolute Gasteiger partial charge is 0.480 e. The molecule has 0 aromatic carbocycles. The maximum atomic E-state index is 12.3. The first kappa shape index (κ1) is 11.9. The molecule has 1 aliphatic rings. The number of alkyl halides is 2. The minimum Gasteiger partial charge on any atom is -0.480 e. The Morgan fingerprint density at radius 2 is 2.00 bits per heavy atom. The quantitative estimate of drug-likeness (QED) is 0.575. The summed E-state index contributed by atoms with van der Waals surface area (Å²) >= 11 is 0. The summed E-state index contributed by atoms with van der Waals surface area (Å²) in [6, 6.07) is 0.